The molecule has 0 unspecified atom stereocenters. The molecular formula is C29H24ClF4N3O3S. The number of halogens is 5. The minimum Gasteiger partial charge on any atom is -0.486 e. The molecule has 0 aliphatic carbocycles. The minimum absolute atomic E-state index is 0.141. The summed E-state index contributed by atoms with van der Waals surface area (Å²) in [6.45, 7) is 1.97. The molecule has 1 aliphatic heterocycles. The van der Waals surface area contributed by atoms with Crippen molar-refractivity contribution < 1.29 is 30.7 Å². The standard InChI is InChI=1S/C29H24ClF4N3O3S/c1-19(28-24(30)7-3-8-25(28)31)15-20-9-10-27-26(16-20)37(18-22(40-27)11-14-36-13-4-12-35-36)41(38,39)23-6-2-5-21(17-23)29(32,33)34/h2-10,12-13,15-17,22H,11,14,18H2,1H3/b19-15+/t22-/m0/s1. The predicted molar refractivity (Wildman–Crippen MR) is 149 cm³/mol. The zero-order chi connectivity index (χ0) is 29.4. The Morgan fingerprint density at radius 1 is 1.12 bits per heavy atom. The van der Waals surface area contributed by atoms with Gasteiger partial charge in [0.15, 0.2) is 0 Å². The summed E-state index contributed by atoms with van der Waals surface area (Å²) in [4.78, 5) is -0.499. The zero-order valence-electron chi connectivity index (χ0n) is 21.6. The molecule has 6 nitrogen and oxygen atoms in total. The lowest BCUT2D eigenvalue weighted by molar-refractivity contribution is -0.137. The minimum atomic E-state index is -4.72. The zero-order valence-corrected chi connectivity index (χ0v) is 23.2. The van der Waals surface area contributed by atoms with Crippen LogP contribution in [0.2, 0.25) is 5.02 Å². The highest BCUT2D eigenvalue weighted by Crippen LogP contribution is 2.40. The van der Waals surface area contributed by atoms with E-state index in [1.807, 2.05) is 0 Å². The molecule has 5 rings (SSSR count). The Hall–Kier alpha value is -3.83. The largest absolute Gasteiger partial charge is 0.486 e. The molecule has 2 heterocycles. The van der Waals surface area contributed by atoms with Crippen LogP contribution >= 0.6 is 11.6 Å². The van der Waals surface area contributed by atoms with Crippen molar-refractivity contribution in [2.75, 3.05) is 10.8 Å². The molecule has 0 amide bonds. The van der Waals surface area contributed by atoms with Gasteiger partial charge in [-0.3, -0.25) is 8.99 Å². The summed E-state index contributed by atoms with van der Waals surface area (Å²) in [7, 11) is -4.44. The van der Waals surface area contributed by atoms with E-state index in [-0.39, 0.29) is 28.6 Å². The third-order valence-corrected chi connectivity index (χ3v) is 8.73. The summed E-state index contributed by atoms with van der Waals surface area (Å²) in [5.74, 6) is -0.266. The van der Waals surface area contributed by atoms with Crippen LogP contribution in [0.3, 0.4) is 0 Å². The molecule has 0 radical (unpaired) electrons. The van der Waals surface area contributed by atoms with Gasteiger partial charge in [-0.05, 0) is 66.6 Å². The number of allylic oxidation sites excluding steroid dienone is 1. The van der Waals surface area contributed by atoms with Crippen molar-refractivity contribution in [2.24, 2.45) is 0 Å². The van der Waals surface area contributed by atoms with Crippen LogP contribution in [-0.2, 0) is 22.7 Å². The number of hydrogen-bond donors (Lipinski definition) is 0. The number of rotatable bonds is 7. The molecule has 0 saturated heterocycles. The maximum absolute atomic E-state index is 14.5. The summed E-state index contributed by atoms with van der Waals surface area (Å²) in [5, 5.41) is 4.37. The number of aryl methyl sites for hydroxylation is 1. The van der Waals surface area contributed by atoms with Crippen molar-refractivity contribution in [1.82, 2.24) is 9.78 Å². The first-order valence-electron chi connectivity index (χ1n) is 12.5. The van der Waals surface area contributed by atoms with E-state index in [4.69, 9.17) is 16.3 Å². The third kappa shape index (κ3) is 6.11. The van der Waals surface area contributed by atoms with Crippen LogP contribution in [0.5, 0.6) is 5.75 Å². The maximum atomic E-state index is 14.5. The normalized spacial score (nSPS) is 15.9. The maximum Gasteiger partial charge on any atom is 0.416 e. The van der Waals surface area contributed by atoms with Gasteiger partial charge in [-0.25, -0.2) is 12.8 Å². The summed E-state index contributed by atoms with van der Waals surface area (Å²) >= 11 is 6.21. The van der Waals surface area contributed by atoms with Gasteiger partial charge in [0.05, 0.1) is 27.7 Å². The number of hydrogen-bond acceptors (Lipinski definition) is 4. The van der Waals surface area contributed by atoms with E-state index in [0.29, 0.717) is 30.2 Å². The average molecular weight is 606 g/mol. The molecule has 1 aromatic heterocycles. The molecule has 1 aliphatic rings. The first-order chi connectivity index (χ1) is 19.4. The topological polar surface area (TPSA) is 64.4 Å². The molecule has 3 aromatic carbocycles. The van der Waals surface area contributed by atoms with Gasteiger partial charge in [0, 0.05) is 30.9 Å². The van der Waals surface area contributed by atoms with Crippen LogP contribution in [0.15, 0.2) is 84.0 Å². The van der Waals surface area contributed by atoms with Crippen molar-refractivity contribution in [3.05, 3.63) is 107 Å². The molecule has 0 N–H and O–H groups in total. The fourth-order valence-electron chi connectivity index (χ4n) is 4.66. The smallest absolute Gasteiger partial charge is 0.416 e. The number of sulfonamides is 1. The second-order valence-electron chi connectivity index (χ2n) is 9.51. The van der Waals surface area contributed by atoms with Crippen molar-refractivity contribution in [1.29, 1.82) is 0 Å². The van der Waals surface area contributed by atoms with Crippen LogP contribution in [0, 0.1) is 5.82 Å². The SMILES string of the molecule is C/C(=C\c1ccc2c(c1)N(S(=O)(=O)c1cccc(C(F)(F)F)c1)C[C@H](CCn1cccn1)O2)c1c(F)cccc1Cl. The van der Waals surface area contributed by atoms with E-state index in [1.54, 1.807) is 60.4 Å². The number of fused-ring (bicyclic) bond motifs is 1. The number of anilines is 1. The van der Waals surface area contributed by atoms with Gasteiger partial charge in [0.1, 0.15) is 17.7 Å². The van der Waals surface area contributed by atoms with E-state index in [1.165, 1.54) is 12.1 Å². The lowest BCUT2D eigenvalue weighted by Gasteiger charge is -2.36. The Labute approximate surface area is 239 Å². The van der Waals surface area contributed by atoms with Crippen LogP contribution in [0.25, 0.3) is 11.6 Å². The number of benzene rings is 3. The molecular weight excluding hydrogens is 582 g/mol. The highest BCUT2D eigenvalue weighted by atomic mass is 35.5. The van der Waals surface area contributed by atoms with Crippen molar-refractivity contribution in [3.63, 3.8) is 0 Å². The van der Waals surface area contributed by atoms with E-state index >= 15 is 0 Å². The van der Waals surface area contributed by atoms with Gasteiger partial charge in [-0.2, -0.15) is 18.3 Å². The lowest BCUT2D eigenvalue weighted by atomic mass is 10.0. The number of ether oxygens (including phenoxy) is 1. The summed E-state index contributed by atoms with van der Waals surface area (Å²) in [6.07, 6.45) is 0.0900. The first kappa shape index (κ1) is 28.7. The Morgan fingerprint density at radius 3 is 2.61 bits per heavy atom. The monoisotopic (exact) mass is 605 g/mol. The molecule has 0 fully saturated rings. The molecule has 214 valence electrons. The average Bonchev–Trinajstić information content (AvgIpc) is 3.45. The molecule has 0 saturated carbocycles. The molecule has 1 atom stereocenters. The Morgan fingerprint density at radius 2 is 1.90 bits per heavy atom. The van der Waals surface area contributed by atoms with Crippen molar-refractivity contribution in [3.8, 4) is 5.75 Å². The molecule has 41 heavy (non-hydrogen) atoms. The Kier molecular flexibility index (Phi) is 7.85. The molecule has 0 spiro atoms. The van der Waals surface area contributed by atoms with Gasteiger partial charge in [-0.1, -0.05) is 35.9 Å². The third-order valence-electron chi connectivity index (χ3n) is 6.64. The van der Waals surface area contributed by atoms with Gasteiger partial charge in [-0.15, -0.1) is 0 Å². The fraction of sp³-hybridized carbons (Fsp3) is 0.207. The second-order valence-corrected chi connectivity index (χ2v) is 11.8. The van der Waals surface area contributed by atoms with Gasteiger partial charge in [0.2, 0.25) is 0 Å². The van der Waals surface area contributed by atoms with Gasteiger partial charge < -0.3 is 4.74 Å². The molecule has 12 heteroatoms. The van der Waals surface area contributed by atoms with E-state index in [9.17, 15) is 26.0 Å². The highest BCUT2D eigenvalue weighted by Gasteiger charge is 2.37. The number of nitrogens with zero attached hydrogens (tertiary/aromatic N) is 3. The molecule has 4 aromatic rings. The van der Waals surface area contributed by atoms with Crippen LogP contribution in [-0.4, -0.2) is 30.8 Å². The van der Waals surface area contributed by atoms with E-state index in [2.05, 4.69) is 5.10 Å². The van der Waals surface area contributed by atoms with Gasteiger partial charge >= 0.3 is 6.18 Å². The summed E-state index contributed by atoms with van der Waals surface area (Å²) < 4.78 is 91.4. The Bertz CT molecular complexity index is 1690. The molecule has 0 bridgehead atoms. The number of alkyl halides is 3. The van der Waals surface area contributed by atoms with E-state index in [0.717, 1.165) is 22.5 Å². The van der Waals surface area contributed by atoms with Crippen molar-refractivity contribution >= 4 is 39.0 Å². The first-order valence-corrected chi connectivity index (χ1v) is 14.4. The van der Waals surface area contributed by atoms with Crippen LogP contribution < -0.4 is 9.04 Å². The predicted octanol–water partition coefficient (Wildman–Crippen LogP) is 7.30. The van der Waals surface area contributed by atoms with Crippen LogP contribution in [0.1, 0.15) is 30.0 Å². The fourth-order valence-corrected chi connectivity index (χ4v) is 6.52. The van der Waals surface area contributed by atoms with E-state index < -0.39 is 38.6 Å². The van der Waals surface area contributed by atoms with Crippen molar-refractivity contribution in [2.45, 2.75) is 37.1 Å². The van der Waals surface area contributed by atoms with Crippen LogP contribution in [0.4, 0.5) is 23.2 Å². The summed E-state index contributed by atoms with van der Waals surface area (Å²) in [5.41, 5.74) is 0.295. The summed E-state index contributed by atoms with van der Waals surface area (Å²) in [6, 6.07) is 14.5. The van der Waals surface area contributed by atoms with Gasteiger partial charge in [0.25, 0.3) is 10.0 Å². The highest BCUT2D eigenvalue weighted by molar-refractivity contribution is 7.92. The lowest BCUT2D eigenvalue weighted by Crippen LogP contribution is -2.44. The number of aromatic nitrogens is 2. The Balaban J connectivity index is 1.56. The quantitative estimate of drug-likeness (QED) is 0.164. The second kappa shape index (κ2) is 11.2.